The van der Waals surface area contributed by atoms with Gasteiger partial charge in [-0.3, -0.25) is 0 Å². The summed E-state index contributed by atoms with van der Waals surface area (Å²) in [5.74, 6) is 5.25. The van der Waals surface area contributed by atoms with Gasteiger partial charge in [-0.1, -0.05) is 36.3 Å². The molecule has 2 heteroatoms. The van der Waals surface area contributed by atoms with Crippen molar-refractivity contribution >= 4 is 0 Å². The third-order valence-corrected chi connectivity index (χ3v) is 1.70. The van der Waals surface area contributed by atoms with Gasteiger partial charge in [-0.2, -0.15) is 0 Å². The molecule has 0 amide bonds. The summed E-state index contributed by atoms with van der Waals surface area (Å²) in [4.78, 5) is 0. The Balaban J connectivity index is 2.24. The van der Waals surface area contributed by atoms with Gasteiger partial charge in [0.05, 0.1) is 13.2 Å². The first-order valence-electron chi connectivity index (χ1n) is 4.55. The molecule has 0 spiro atoms. The predicted molar refractivity (Wildman–Crippen MR) is 55.6 cm³/mol. The summed E-state index contributed by atoms with van der Waals surface area (Å²) >= 11 is 0. The molecule has 1 unspecified atom stereocenters. The molecule has 0 fully saturated rings. The fourth-order valence-corrected chi connectivity index (χ4v) is 1.07. The van der Waals surface area contributed by atoms with E-state index < -0.39 is 6.10 Å². The molecule has 0 radical (unpaired) electrons. The molecule has 0 aliphatic carbocycles. The lowest BCUT2D eigenvalue weighted by atomic mass is 10.2. The van der Waals surface area contributed by atoms with E-state index in [0.29, 0.717) is 6.61 Å². The molecule has 2 nitrogen and oxygen atoms in total. The van der Waals surface area contributed by atoms with Gasteiger partial charge >= 0.3 is 0 Å². The zero-order chi connectivity index (χ0) is 10.2. The van der Waals surface area contributed by atoms with Crippen molar-refractivity contribution in [1.29, 1.82) is 0 Å². The molecule has 1 aromatic rings. The number of hydrogen-bond acceptors (Lipinski definition) is 2. The smallest absolute Gasteiger partial charge is 0.137 e. The number of aliphatic hydroxyl groups excluding tert-OH is 1. The SMILES string of the molecule is CC#CC(O)COCc1ccccc1. The summed E-state index contributed by atoms with van der Waals surface area (Å²) in [6.45, 7) is 2.47. The maximum absolute atomic E-state index is 9.23. The Labute approximate surface area is 84.5 Å². The van der Waals surface area contributed by atoms with Crippen LogP contribution < -0.4 is 0 Å². The molecule has 0 aliphatic heterocycles. The van der Waals surface area contributed by atoms with Gasteiger partial charge in [-0.15, -0.1) is 5.92 Å². The van der Waals surface area contributed by atoms with Gasteiger partial charge in [0.15, 0.2) is 0 Å². The van der Waals surface area contributed by atoms with Crippen molar-refractivity contribution in [1.82, 2.24) is 0 Å². The van der Waals surface area contributed by atoms with Crippen LogP contribution in [0, 0.1) is 11.8 Å². The van der Waals surface area contributed by atoms with Gasteiger partial charge in [0.1, 0.15) is 6.10 Å². The summed E-state index contributed by atoms with van der Waals surface area (Å²) in [5.41, 5.74) is 1.10. The summed E-state index contributed by atoms with van der Waals surface area (Å²) in [6.07, 6.45) is -0.677. The van der Waals surface area contributed by atoms with E-state index >= 15 is 0 Å². The molecule has 0 heterocycles. The second-order valence-corrected chi connectivity index (χ2v) is 2.91. The lowest BCUT2D eigenvalue weighted by molar-refractivity contribution is 0.0543. The quantitative estimate of drug-likeness (QED) is 0.730. The van der Waals surface area contributed by atoms with Gasteiger partial charge in [0, 0.05) is 0 Å². The van der Waals surface area contributed by atoms with Crippen LogP contribution in [0.3, 0.4) is 0 Å². The Morgan fingerprint density at radius 2 is 2.07 bits per heavy atom. The van der Waals surface area contributed by atoms with Gasteiger partial charge < -0.3 is 9.84 Å². The first kappa shape index (κ1) is 10.8. The highest BCUT2D eigenvalue weighted by atomic mass is 16.5. The molecular formula is C12H14O2. The van der Waals surface area contributed by atoms with Crippen molar-refractivity contribution in [3.05, 3.63) is 35.9 Å². The van der Waals surface area contributed by atoms with Gasteiger partial charge in [-0.05, 0) is 12.5 Å². The van der Waals surface area contributed by atoms with Crippen molar-refractivity contribution in [2.45, 2.75) is 19.6 Å². The molecule has 0 aromatic heterocycles. The van der Waals surface area contributed by atoms with Crippen LogP contribution in [0.15, 0.2) is 30.3 Å². The van der Waals surface area contributed by atoms with Crippen LogP contribution in [0.1, 0.15) is 12.5 Å². The molecule has 0 bridgehead atoms. The van der Waals surface area contributed by atoms with Crippen LogP contribution in [0.25, 0.3) is 0 Å². The van der Waals surface area contributed by atoms with E-state index in [0.717, 1.165) is 5.56 Å². The minimum Gasteiger partial charge on any atom is -0.378 e. The highest BCUT2D eigenvalue weighted by Crippen LogP contribution is 2.00. The van der Waals surface area contributed by atoms with Crippen molar-refractivity contribution in [2.75, 3.05) is 6.61 Å². The normalized spacial score (nSPS) is 11.6. The van der Waals surface area contributed by atoms with Crippen LogP contribution in [0.2, 0.25) is 0 Å². The second-order valence-electron chi connectivity index (χ2n) is 2.91. The highest BCUT2D eigenvalue weighted by Gasteiger charge is 1.98. The van der Waals surface area contributed by atoms with Crippen LogP contribution in [0.5, 0.6) is 0 Å². The maximum atomic E-state index is 9.23. The monoisotopic (exact) mass is 190 g/mol. The van der Waals surface area contributed by atoms with E-state index in [9.17, 15) is 5.11 Å². The van der Waals surface area contributed by atoms with E-state index in [2.05, 4.69) is 11.8 Å². The van der Waals surface area contributed by atoms with Crippen LogP contribution in [0.4, 0.5) is 0 Å². The van der Waals surface area contributed by atoms with Crippen LogP contribution >= 0.6 is 0 Å². The van der Waals surface area contributed by atoms with Crippen molar-refractivity contribution in [2.24, 2.45) is 0 Å². The zero-order valence-electron chi connectivity index (χ0n) is 8.23. The minimum atomic E-state index is -0.677. The maximum Gasteiger partial charge on any atom is 0.137 e. The van der Waals surface area contributed by atoms with E-state index in [1.807, 2.05) is 30.3 Å². The molecular weight excluding hydrogens is 176 g/mol. The summed E-state index contributed by atoms with van der Waals surface area (Å²) in [7, 11) is 0. The third kappa shape index (κ3) is 4.08. The Morgan fingerprint density at radius 1 is 1.36 bits per heavy atom. The first-order valence-corrected chi connectivity index (χ1v) is 4.55. The number of aliphatic hydroxyl groups is 1. The average Bonchev–Trinajstić information content (AvgIpc) is 2.20. The van der Waals surface area contributed by atoms with Crippen LogP contribution in [-0.2, 0) is 11.3 Å². The Hall–Kier alpha value is -1.30. The Bertz CT molecular complexity index is 308. The minimum absolute atomic E-state index is 0.260. The first-order chi connectivity index (χ1) is 6.83. The number of benzene rings is 1. The Kier molecular flexibility index (Phi) is 4.77. The number of ether oxygens (including phenoxy) is 1. The highest BCUT2D eigenvalue weighted by molar-refractivity contribution is 5.13. The average molecular weight is 190 g/mol. The lowest BCUT2D eigenvalue weighted by Crippen LogP contribution is -2.12. The molecule has 0 aliphatic rings. The zero-order valence-corrected chi connectivity index (χ0v) is 8.23. The second kappa shape index (κ2) is 6.20. The molecule has 74 valence electrons. The van der Waals surface area contributed by atoms with Crippen molar-refractivity contribution < 1.29 is 9.84 Å². The van der Waals surface area contributed by atoms with Crippen LogP contribution in [-0.4, -0.2) is 17.8 Å². The Morgan fingerprint density at radius 3 is 2.71 bits per heavy atom. The molecule has 0 saturated heterocycles. The molecule has 14 heavy (non-hydrogen) atoms. The van der Waals surface area contributed by atoms with Gasteiger partial charge in [-0.25, -0.2) is 0 Å². The van der Waals surface area contributed by atoms with Gasteiger partial charge in [0.2, 0.25) is 0 Å². The number of hydrogen-bond donors (Lipinski definition) is 1. The molecule has 1 aromatic carbocycles. The fourth-order valence-electron chi connectivity index (χ4n) is 1.07. The fraction of sp³-hybridized carbons (Fsp3) is 0.333. The summed E-state index contributed by atoms with van der Waals surface area (Å²) < 4.78 is 5.28. The third-order valence-electron chi connectivity index (χ3n) is 1.70. The van der Waals surface area contributed by atoms with Gasteiger partial charge in [0.25, 0.3) is 0 Å². The molecule has 1 rings (SSSR count). The molecule has 1 atom stereocenters. The van der Waals surface area contributed by atoms with E-state index in [-0.39, 0.29) is 6.61 Å². The van der Waals surface area contributed by atoms with Crippen molar-refractivity contribution in [3.8, 4) is 11.8 Å². The number of rotatable bonds is 4. The van der Waals surface area contributed by atoms with Crippen molar-refractivity contribution in [3.63, 3.8) is 0 Å². The molecule has 1 N–H and O–H groups in total. The standard InChI is InChI=1S/C12H14O2/c1-2-6-12(13)10-14-9-11-7-4-3-5-8-11/h3-5,7-8,12-13H,9-10H2,1H3. The summed E-state index contributed by atoms with van der Waals surface area (Å²) in [5, 5.41) is 9.23. The van der Waals surface area contributed by atoms with E-state index in [1.165, 1.54) is 0 Å². The molecule has 0 saturated carbocycles. The largest absolute Gasteiger partial charge is 0.378 e. The lowest BCUT2D eigenvalue weighted by Gasteiger charge is -2.05. The summed E-state index contributed by atoms with van der Waals surface area (Å²) in [6, 6.07) is 9.85. The predicted octanol–water partition coefficient (Wildman–Crippen LogP) is 1.59. The van der Waals surface area contributed by atoms with E-state index in [1.54, 1.807) is 6.92 Å². The topological polar surface area (TPSA) is 29.5 Å². The van der Waals surface area contributed by atoms with E-state index in [4.69, 9.17) is 4.74 Å².